The number of aryl methyl sites for hydroxylation is 1. The fraction of sp³-hybridized carbons (Fsp3) is 0.500. The summed E-state index contributed by atoms with van der Waals surface area (Å²) in [5.41, 5.74) is 6.22. The van der Waals surface area contributed by atoms with Crippen LogP contribution in [-0.4, -0.2) is 18.3 Å². The molecule has 5 heteroatoms. The summed E-state index contributed by atoms with van der Waals surface area (Å²) < 4.78 is 42.8. The Kier molecular flexibility index (Phi) is 4.40. The molecule has 0 heterocycles. The number of ether oxygens (including phenoxy) is 1. The second-order valence-electron chi connectivity index (χ2n) is 3.94. The zero-order valence-electron chi connectivity index (χ0n) is 9.79. The number of benzene rings is 1. The van der Waals surface area contributed by atoms with Gasteiger partial charge in [-0.15, -0.1) is 0 Å². The van der Waals surface area contributed by atoms with Crippen molar-refractivity contribution in [1.29, 1.82) is 0 Å². The molecule has 0 saturated carbocycles. The zero-order chi connectivity index (χ0) is 13.1. The molecule has 1 rings (SSSR count). The first-order valence-electron chi connectivity index (χ1n) is 5.42. The van der Waals surface area contributed by atoms with Crippen LogP contribution in [0.2, 0.25) is 0 Å². The van der Waals surface area contributed by atoms with E-state index in [1.807, 2.05) is 13.0 Å². The Hall–Kier alpha value is -1.23. The topological polar surface area (TPSA) is 35.2 Å². The van der Waals surface area contributed by atoms with E-state index in [1.165, 1.54) is 13.0 Å². The summed E-state index contributed by atoms with van der Waals surface area (Å²) in [6, 6.07) is 5.49. The summed E-state index contributed by atoms with van der Waals surface area (Å²) >= 11 is 0. The van der Waals surface area contributed by atoms with Crippen LogP contribution in [0.15, 0.2) is 24.3 Å². The smallest absolute Gasteiger partial charge is 0.426 e. The Morgan fingerprint density at radius 2 is 2.00 bits per heavy atom. The van der Waals surface area contributed by atoms with Crippen LogP contribution in [0.3, 0.4) is 0 Å². The molecule has 17 heavy (non-hydrogen) atoms. The van der Waals surface area contributed by atoms with E-state index in [-0.39, 0.29) is 5.75 Å². The molecule has 0 saturated heterocycles. The summed E-state index contributed by atoms with van der Waals surface area (Å²) in [6.07, 6.45) is -5.70. The SMILES string of the molecule is CCc1cccc(OC(C(C)N)C(F)(F)F)c1. The Balaban J connectivity index is 2.86. The van der Waals surface area contributed by atoms with Gasteiger partial charge in [0, 0.05) is 6.04 Å². The molecule has 0 radical (unpaired) electrons. The third kappa shape index (κ3) is 3.93. The lowest BCUT2D eigenvalue weighted by Crippen LogP contribution is -2.47. The van der Waals surface area contributed by atoms with Crippen LogP contribution < -0.4 is 10.5 Å². The van der Waals surface area contributed by atoms with Crippen molar-refractivity contribution in [2.45, 2.75) is 38.6 Å². The molecule has 0 amide bonds. The van der Waals surface area contributed by atoms with Crippen molar-refractivity contribution in [2.24, 2.45) is 5.73 Å². The predicted molar refractivity (Wildman–Crippen MR) is 59.9 cm³/mol. The molecular formula is C12H16F3NO. The Morgan fingerprint density at radius 3 is 2.47 bits per heavy atom. The average Bonchev–Trinajstić information content (AvgIpc) is 2.24. The van der Waals surface area contributed by atoms with Crippen LogP contribution in [0.5, 0.6) is 5.75 Å². The molecular weight excluding hydrogens is 231 g/mol. The van der Waals surface area contributed by atoms with Crippen molar-refractivity contribution in [3.05, 3.63) is 29.8 Å². The van der Waals surface area contributed by atoms with Gasteiger partial charge in [-0.05, 0) is 31.0 Å². The number of halogens is 3. The second-order valence-corrected chi connectivity index (χ2v) is 3.94. The van der Waals surface area contributed by atoms with Crippen molar-refractivity contribution in [1.82, 2.24) is 0 Å². The van der Waals surface area contributed by atoms with E-state index < -0.39 is 18.3 Å². The van der Waals surface area contributed by atoms with E-state index in [0.717, 1.165) is 12.0 Å². The van der Waals surface area contributed by atoms with Gasteiger partial charge in [0.1, 0.15) is 5.75 Å². The van der Waals surface area contributed by atoms with Crippen molar-refractivity contribution < 1.29 is 17.9 Å². The third-order valence-electron chi connectivity index (χ3n) is 2.37. The molecule has 0 aliphatic rings. The van der Waals surface area contributed by atoms with Gasteiger partial charge in [0.2, 0.25) is 6.10 Å². The third-order valence-corrected chi connectivity index (χ3v) is 2.37. The molecule has 0 bridgehead atoms. The molecule has 96 valence electrons. The molecule has 2 nitrogen and oxygen atoms in total. The maximum Gasteiger partial charge on any atom is 0.426 e. The van der Waals surface area contributed by atoms with Crippen molar-refractivity contribution >= 4 is 0 Å². The van der Waals surface area contributed by atoms with Crippen molar-refractivity contribution in [3.8, 4) is 5.75 Å². The lowest BCUT2D eigenvalue weighted by molar-refractivity contribution is -0.199. The Labute approximate surface area is 98.6 Å². The van der Waals surface area contributed by atoms with Gasteiger partial charge in [-0.3, -0.25) is 0 Å². The lowest BCUT2D eigenvalue weighted by Gasteiger charge is -2.24. The fourth-order valence-corrected chi connectivity index (χ4v) is 1.46. The van der Waals surface area contributed by atoms with Gasteiger partial charge in [-0.25, -0.2) is 0 Å². The molecule has 1 aromatic carbocycles. The standard InChI is InChI=1S/C12H16F3NO/c1-3-9-5-4-6-10(7-9)17-11(8(2)16)12(13,14)15/h4-8,11H,3,16H2,1-2H3. The monoisotopic (exact) mass is 247 g/mol. The van der Waals surface area contributed by atoms with Crippen LogP contribution in [0, 0.1) is 0 Å². The van der Waals surface area contributed by atoms with Gasteiger partial charge in [0.25, 0.3) is 0 Å². The van der Waals surface area contributed by atoms with E-state index in [0.29, 0.717) is 0 Å². The van der Waals surface area contributed by atoms with E-state index >= 15 is 0 Å². The summed E-state index contributed by atoms with van der Waals surface area (Å²) in [5.74, 6) is 0.198. The van der Waals surface area contributed by atoms with Gasteiger partial charge in [0.15, 0.2) is 0 Å². The highest BCUT2D eigenvalue weighted by Crippen LogP contribution is 2.27. The van der Waals surface area contributed by atoms with E-state index in [2.05, 4.69) is 0 Å². The molecule has 2 N–H and O–H groups in total. The fourth-order valence-electron chi connectivity index (χ4n) is 1.46. The van der Waals surface area contributed by atoms with Crippen molar-refractivity contribution in [3.63, 3.8) is 0 Å². The summed E-state index contributed by atoms with van der Waals surface area (Å²) in [7, 11) is 0. The van der Waals surface area contributed by atoms with Crippen LogP contribution in [0.4, 0.5) is 13.2 Å². The molecule has 0 aliphatic carbocycles. The highest BCUT2D eigenvalue weighted by atomic mass is 19.4. The quantitative estimate of drug-likeness (QED) is 0.887. The van der Waals surface area contributed by atoms with Gasteiger partial charge in [0.05, 0.1) is 0 Å². The highest BCUT2D eigenvalue weighted by molar-refractivity contribution is 5.28. The normalized spacial score (nSPS) is 15.4. The number of rotatable bonds is 4. The molecule has 0 aliphatic heterocycles. The average molecular weight is 247 g/mol. The Bertz CT molecular complexity index is 363. The van der Waals surface area contributed by atoms with Crippen LogP contribution in [-0.2, 0) is 6.42 Å². The summed E-state index contributed by atoms with van der Waals surface area (Å²) in [4.78, 5) is 0. The number of hydrogen-bond acceptors (Lipinski definition) is 2. The van der Waals surface area contributed by atoms with Crippen LogP contribution >= 0.6 is 0 Å². The summed E-state index contributed by atoms with van der Waals surface area (Å²) in [5, 5.41) is 0. The maximum atomic E-state index is 12.6. The molecule has 2 unspecified atom stereocenters. The zero-order valence-corrected chi connectivity index (χ0v) is 9.79. The molecule has 0 aromatic heterocycles. The molecule has 0 spiro atoms. The molecule has 1 aromatic rings. The predicted octanol–water partition coefficient (Wildman–Crippen LogP) is 2.91. The minimum atomic E-state index is -4.46. The van der Waals surface area contributed by atoms with Gasteiger partial charge in [-0.2, -0.15) is 13.2 Å². The largest absolute Gasteiger partial charge is 0.479 e. The number of alkyl halides is 3. The van der Waals surface area contributed by atoms with E-state index in [9.17, 15) is 13.2 Å². The van der Waals surface area contributed by atoms with Crippen molar-refractivity contribution in [2.75, 3.05) is 0 Å². The van der Waals surface area contributed by atoms with Gasteiger partial charge < -0.3 is 10.5 Å². The number of hydrogen-bond donors (Lipinski definition) is 1. The van der Waals surface area contributed by atoms with E-state index in [1.54, 1.807) is 12.1 Å². The van der Waals surface area contributed by atoms with E-state index in [4.69, 9.17) is 10.5 Å². The minimum Gasteiger partial charge on any atom is -0.479 e. The first-order chi connectivity index (χ1) is 7.84. The summed E-state index contributed by atoms with van der Waals surface area (Å²) in [6.45, 7) is 3.20. The lowest BCUT2D eigenvalue weighted by atomic mass is 10.1. The van der Waals surface area contributed by atoms with Gasteiger partial charge in [-0.1, -0.05) is 19.1 Å². The first-order valence-corrected chi connectivity index (χ1v) is 5.42. The highest BCUT2D eigenvalue weighted by Gasteiger charge is 2.44. The van der Waals surface area contributed by atoms with Crippen LogP contribution in [0.1, 0.15) is 19.4 Å². The maximum absolute atomic E-state index is 12.6. The van der Waals surface area contributed by atoms with Gasteiger partial charge >= 0.3 is 6.18 Å². The Morgan fingerprint density at radius 1 is 1.35 bits per heavy atom. The molecule has 0 fully saturated rings. The first kappa shape index (κ1) is 13.8. The van der Waals surface area contributed by atoms with Crippen LogP contribution in [0.25, 0.3) is 0 Å². The second kappa shape index (κ2) is 5.40. The number of nitrogens with two attached hydrogens (primary N) is 1. The minimum absolute atomic E-state index is 0.198. The molecule has 2 atom stereocenters.